The van der Waals surface area contributed by atoms with Crippen molar-refractivity contribution in [1.29, 1.82) is 0 Å². The van der Waals surface area contributed by atoms with Crippen LogP contribution in [0.4, 0.5) is 5.82 Å². The van der Waals surface area contributed by atoms with Crippen molar-refractivity contribution >= 4 is 17.4 Å². The van der Waals surface area contributed by atoms with Crippen molar-refractivity contribution in [2.75, 3.05) is 12.3 Å². The summed E-state index contributed by atoms with van der Waals surface area (Å²) in [5.41, 5.74) is 6.74. The normalized spacial score (nSPS) is 10.5. The van der Waals surface area contributed by atoms with Gasteiger partial charge in [0.1, 0.15) is 11.5 Å². The van der Waals surface area contributed by atoms with Crippen LogP contribution in [0.15, 0.2) is 24.4 Å². The molecule has 0 amide bonds. The van der Waals surface area contributed by atoms with Gasteiger partial charge in [0.05, 0.1) is 12.8 Å². The number of nitrogen functional groups attached to an aromatic ring is 1. The van der Waals surface area contributed by atoms with E-state index < -0.39 is 5.97 Å². The van der Waals surface area contributed by atoms with Crippen molar-refractivity contribution < 1.29 is 9.53 Å². The van der Waals surface area contributed by atoms with Crippen LogP contribution in [0, 0.1) is 0 Å². The van der Waals surface area contributed by atoms with E-state index in [2.05, 4.69) is 4.98 Å². The molecule has 0 atom stereocenters. The third-order valence-electron chi connectivity index (χ3n) is 2.04. The first-order chi connectivity index (χ1) is 7.24. The van der Waals surface area contributed by atoms with Gasteiger partial charge in [-0.3, -0.25) is 4.40 Å². The van der Waals surface area contributed by atoms with Gasteiger partial charge in [0.15, 0.2) is 5.69 Å². The van der Waals surface area contributed by atoms with E-state index in [0.717, 1.165) is 0 Å². The molecule has 0 saturated carbocycles. The maximum atomic E-state index is 11.5. The van der Waals surface area contributed by atoms with E-state index in [-0.39, 0.29) is 0 Å². The molecule has 2 N–H and O–H groups in total. The summed E-state index contributed by atoms with van der Waals surface area (Å²) in [6.45, 7) is 2.09. The zero-order chi connectivity index (χ0) is 10.8. The molecule has 2 heterocycles. The summed E-state index contributed by atoms with van der Waals surface area (Å²) in [7, 11) is 0. The summed E-state index contributed by atoms with van der Waals surface area (Å²) in [6, 6.07) is 5.27. The molecule has 5 heteroatoms. The van der Waals surface area contributed by atoms with Crippen LogP contribution in [0.1, 0.15) is 17.4 Å². The van der Waals surface area contributed by atoms with Gasteiger partial charge in [0.2, 0.25) is 0 Å². The van der Waals surface area contributed by atoms with Crippen LogP contribution >= 0.6 is 0 Å². The van der Waals surface area contributed by atoms with Gasteiger partial charge in [-0.1, -0.05) is 6.07 Å². The highest BCUT2D eigenvalue weighted by Gasteiger charge is 2.13. The topological polar surface area (TPSA) is 69.6 Å². The average molecular weight is 205 g/mol. The highest BCUT2D eigenvalue weighted by Crippen LogP contribution is 2.12. The fourth-order valence-corrected chi connectivity index (χ4v) is 1.41. The highest BCUT2D eigenvalue weighted by atomic mass is 16.5. The van der Waals surface area contributed by atoms with E-state index in [4.69, 9.17) is 10.5 Å². The lowest BCUT2D eigenvalue weighted by molar-refractivity contribution is 0.0518. The Morgan fingerprint density at radius 3 is 3.13 bits per heavy atom. The number of aromatic nitrogens is 2. The number of anilines is 1. The van der Waals surface area contributed by atoms with Crippen molar-refractivity contribution in [3.05, 3.63) is 30.1 Å². The quantitative estimate of drug-likeness (QED) is 0.745. The monoisotopic (exact) mass is 205 g/mol. The van der Waals surface area contributed by atoms with Crippen molar-refractivity contribution in [2.45, 2.75) is 6.92 Å². The maximum absolute atomic E-state index is 11.5. The predicted molar refractivity (Wildman–Crippen MR) is 55.6 cm³/mol. The molecule has 0 bridgehead atoms. The minimum atomic E-state index is -0.414. The second kappa shape index (κ2) is 3.61. The first-order valence-corrected chi connectivity index (χ1v) is 4.63. The Hall–Kier alpha value is -2.04. The molecular formula is C10H11N3O2. The molecule has 0 saturated heterocycles. The second-order valence-electron chi connectivity index (χ2n) is 3.01. The van der Waals surface area contributed by atoms with Gasteiger partial charge in [-0.2, -0.15) is 0 Å². The number of hydrogen-bond acceptors (Lipinski definition) is 4. The molecule has 15 heavy (non-hydrogen) atoms. The lowest BCUT2D eigenvalue weighted by atomic mass is 10.4. The predicted octanol–water partition coefficient (Wildman–Crippen LogP) is 1.09. The van der Waals surface area contributed by atoms with Crippen molar-refractivity contribution in [3.8, 4) is 0 Å². The summed E-state index contributed by atoms with van der Waals surface area (Å²) in [6.07, 6.45) is 1.46. The van der Waals surface area contributed by atoms with Crippen LogP contribution in [0.3, 0.4) is 0 Å². The van der Waals surface area contributed by atoms with E-state index in [0.29, 0.717) is 23.8 Å². The largest absolute Gasteiger partial charge is 0.461 e. The Morgan fingerprint density at radius 1 is 1.60 bits per heavy atom. The van der Waals surface area contributed by atoms with Crippen LogP contribution in [0.5, 0.6) is 0 Å². The number of nitrogens with two attached hydrogens (primary N) is 1. The van der Waals surface area contributed by atoms with E-state index >= 15 is 0 Å². The first-order valence-electron chi connectivity index (χ1n) is 4.63. The van der Waals surface area contributed by atoms with Crippen LogP contribution in [-0.4, -0.2) is 22.0 Å². The first kappa shape index (κ1) is 9.51. The van der Waals surface area contributed by atoms with Crippen LogP contribution < -0.4 is 5.73 Å². The number of rotatable bonds is 2. The Labute approximate surface area is 86.5 Å². The molecule has 0 unspecified atom stereocenters. The van der Waals surface area contributed by atoms with Crippen molar-refractivity contribution in [1.82, 2.24) is 9.38 Å². The lowest BCUT2D eigenvalue weighted by Crippen LogP contribution is -2.09. The molecule has 0 aromatic carbocycles. The number of imidazole rings is 1. The number of carbonyl (C=O) groups excluding carboxylic acids is 1. The SMILES string of the molecule is CCOC(=O)c1cnc2cccc(N)n12. The molecule has 0 spiro atoms. The fourth-order valence-electron chi connectivity index (χ4n) is 1.41. The Bertz CT molecular complexity index is 504. The van der Waals surface area contributed by atoms with Crippen molar-refractivity contribution in [3.63, 3.8) is 0 Å². The summed E-state index contributed by atoms with van der Waals surface area (Å²) in [4.78, 5) is 15.6. The third kappa shape index (κ3) is 1.52. The van der Waals surface area contributed by atoms with Crippen LogP contribution in [-0.2, 0) is 4.74 Å². The zero-order valence-corrected chi connectivity index (χ0v) is 8.30. The number of carbonyl (C=O) groups is 1. The van der Waals surface area contributed by atoms with E-state index in [1.165, 1.54) is 6.20 Å². The summed E-state index contributed by atoms with van der Waals surface area (Å²) in [5.74, 6) is 0.0518. The van der Waals surface area contributed by atoms with Gasteiger partial charge in [0.25, 0.3) is 0 Å². The van der Waals surface area contributed by atoms with E-state index in [1.54, 1.807) is 29.5 Å². The highest BCUT2D eigenvalue weighted by molar-refractivity contribution is 5.89. The van der Waals surface area contributed by atoms with Gasteiger partial charge in [-0.25, -0.2) is 9.78 Å². The van der Waals surface area contributed by atoms with Gasteiger partial charge < -0.3 is 10.5 Å². The van der Waals surface area contributed by atoms with Crippen molar-refractivity contribution in [2.24, 2.45) is 0 Å². The minimum Gasteiger partial charge on any atom is -0.461 e. The van der Waals surface area contributed by atoms with Crippen LogP contribution in [0.25, 0.3) is 5.65 Å². The molecule has 0 aliphatic heterocycles. The molecule has 2 rings (SSSR count). The Morgan fingerprint density at radius 2 is 2.40 bits per heavy atom. The molecule has 2 aromatic heterocycles. The van der Waals surface area contributed by atoms with Gasteiger partial charge in [0, 0.05) is 0 Å². The fraction of sp³-hybridized carbons (Fsp3) is 0.200. The number of hydrogen-bond donors (Lipinski definition) is 1. The smallest absolute Gasteiger partial charge is 0.357 e. The summed E-state index contributed by atoms with van der Waals surface area (Å²) in [5, 5.41) is 0. The van der Waals surface area contributed by atoms with Gasteiger partial charge >= 0.3 is 5.97 Å². The lowest BCUT2D eigenvalue weighted by Gasteiger charge is -2.03. The second-order valence-corrected chi connectivity index (χ2v) is 3.01. The number of esters is 1. The molecule has 0 aliphatic rings. The number of nitrogens with zero attached hydrogens (tertiary/aromatic N) is 2. The zero-order valence-electron chi connectivity index (χ0n) is 8.30. The minimum absolute atomic E-state index is 0.332. The number of pyridine rings is 1. The molecule has 0 aliphatic carbocycles. The summed E-state index contributed by atoms with van der Waals surface area (Å²) >= 11 is 0. The molecule has 2 aromatic rings. The Kier molecular flexibility index (Phi) is 2.29. The van der Waals surface area contributed by atoms with Gasteiger partial charge in [-0.15, -0.1) is 0 Å². The average Bonchev–Trinajstić information content (AvgIpc) is 2.63. The molecule has 0 radical (unpaired) electrons. The van der Waals surface area contributed by atoms with E-state index in [1.807, 2.05) is 0 Å². The Balaban J connectivity index is 2.57. The molecule has 78 valence electrons. The number of ether oxygens (including phenoxy) is 1. The summed E-state index contributed by atoms with van der Waals surface area (Å²) < 4.78 is 6.46. The van der Waals surface area contributed by atoms with Gasteiger partial charge in [-0.05, 0) is 19.1 Å². The third-order valence-corrected chi connectivity index (χ3v) is 2.04. The standard InChI is InChI=1S/C10H11N3O2/c1-2-15-10(14)7-6-12-9-5-3-4-8(11)13(7)9/h3-6H,2,11H2,1H3. The molecular weight excluding hydrogens is 194 g/mol. The van der Waals surface area contributed by atoms with E-state index in [9.17, 15) is 4.79 Å². The number of fused-ring (bicyclic) bond motifs is 1. The van der Waals surface area contributed by atoms with Crippen LogP contribution in [0.2, 0.25) is 0 Å². The maximum Gasteiger partial charge on any atom is 0.357 e. The molecule has 5 nitrogen and oxygen atoms in total. The molecule has 0 fully saturated rings.